The fourth-order valence-corrected chi connectivity index (χ4v) is 1.74. The number of urea groups is 1. The van der Waals surface area contributed by atoms with Crippen molar-refractivity contribution >= 4 is 17.6 Å². The molecule has 4 N–H and O–H groups in total. The normalized spacial score (nSPS) is 15.3. The lowest BCUT2D eigenvalue weighted by Gasteiger charge is -2.15. The predicted octanol–water partition coefficient (Wildman–Crippen LogP) is 0.967. The molecule has 6 nitrogen and oxygen atoms in total. The van der Waals surface area contributed by atoms with Crippen molar-refractivity contribution in [1.82, 2.24) is 10.6 Å². The molecule has 6 heteroatoms. The van der Waals surface area contributed by atoms with Gasteiger partial charge in [-0.05, 0) is 37.5 Å². The van der Waals surface area contributed by atoms with Gasteiger partial charge in [-0.1, -0.05) is 12.1 Å². The van der Waals surface area contributed by atoms with Crippen LogP contribution in [-0.4, -0.2) is 29.1 Å². The van der Waals surface area contributed by atoms with Crippen LogP contribution in [0.5, 0.6) is 0 Å². The van der Waals surface area contributed by atoms with Gasteiger partial charge in [-0.25, -0.2) is 4.79 Å². The maximum Gasteiger partial charge on any atom is 0.321 e. The summed E-state index contributed by atoms with van der Waals surface area (Å²) in [6, 6.07) is 6.36. The number of rotatable bonds is 5. The van der Waals surface area contributed by atoms with Gasteiger partial charge >= 0.3 is 6.03 Å². The number of aliphatic hydroxyl groups is 1. The Kier molecular flexibility index (Phi) is 4.57. The van der Waals surface area contributed by atoms with E-state index in [1.165, 1.54) is 0 Å². The molecule has 2 rings (SSSR count). The van der Waals surface area contributed by atoms with Crippen LogP contribution in [0.25, 0.3) is 0 Å². The minimum Gasteiger partial charge on any atom is -0.392 e. The number of benzene rings is 1. The number of aliphatic hydroxyl groups excluding tert-OH is 1. The quantitative estimate of drug-likeness (QED) is 0.645. The molecule has 0 spiro atoms. The molecule has 1 saturated carbocycles. The molecule has 0 saturated heterocycles. The Morgan fingerprint density at radius 3 is 2.80 bits per heavy atom. The first-order chi connectivity index (χ1) is 9.58. The Morgan fingerprint density at radius 2 is 2.15 bits per heavy atom. The molecule has 1 aliphatic carbocycles. The van der Waals surface area contributed by atoms with Crippen molar-refractivity contribution in [2.45, 2.75) is 38.5 Å². The fourth-order valence-electron chi connectivity index (χ4n) is 1.74. The van der Waals surface area contributed by atoms with E-state index < -0.39 is 18.0 Å². The van der Waals surface area contributed by atoms with Crippen LogP contribution in [0.1, 0.15) is 25.3 Å². The zero-order valence-corrected chi connectivity index (χ0v) is 11.3. The minimum absolute atomic E-state index is 0.0557. The minimum atomic E-state index is -0.547. The van der Waals surface area contributed by atoms with Gasteiger partial charge in [0.2, 0.25) is 5.91 Å². The molecule has 0 radical (unpaired) electrons. The molecule has 0 bridgehead atoms. The van der Waals surface area contributed by atoms with Crippen LogP contribution in [0, 0.1) is 0 Å². The van der Waals surface area contributed by atoms with Gasteiger partial charge in [-0.15, -0.1) is 0 Å². The van der Waals surface area contributed by atoms with Crippen LogP contribution in [0.3, 0.4) is 0 Å². The van der Waals surface area contributed by atoms with Crippen molar-refractivity contribution in [2.75, 3.05) is 5.32 Å². The van der Waals surface area contributed by atoms with Crippen LogP contribution in [0.2, 0.25) is 0 Å². The van der Waals surface area contributed by atoms with E-state index in [-0.39, 0.29) is 12.6 Å². The monoisotopic (exact) mass is 277 g/mol. The summed E-state index contributed by atoms with van der Waals surface area (Å²) < 4.78 is 0. The van der Waals surface area contributed by atoms with Crippen LogP contribution in [0.15, 0.2) is 24.3 Å². The smallest absolute Gasteiger partial charge is 0.321 e. The van der Waals surface area contributed by atoms with E-state index in [2.05, 4.69) is 16.0 Å². The van der Waals surface area contributed by atoms with Crippen molar-refractivity contribution in [3.63, 3.8) is 0 Å². The summed E-state index contributed by atoms with van der Waals surface area (Å²) in [5.41, 5.74) is 1.48. The summed E-state index contributed by atoms with van der Waals surface area (Å²) in [6.07, 6.45) is 1.95. The topological polar surface area (TPSA) is 90.5 Å². The van der Waals surface area contributed by atoms with Crippen LogP contribution in [-0.2, 0) is 11.4 Å². The van der Waals surface area contributed by atoms with Crippen molar-refractivity contribution < 1.29 is 14.7 Å². The van der Waals surface area contributed by atoms with Gasteiger partial charge in [-0.3, -0.25) is 10.1 Å². The molecular formula is C14H19N3O3. The Balaban J connectivity index is 1.84. The third kappa shape index (κ3) is 4.24. The molecule has 1 aromatic rings. The third-order valence-electron chi connectivity index (χ3n) is 3.04. The lowest BCUT2D eigenvalue weighted by molar-refractivity contribution is -0.120. The first kappa shape index (κ1) is 14.3. The van der Waals surface area contributed by atoms with E-state index in [9.17, 15) is 9.59 Å². The Morgan fingerprint density at radius 1 is 1.40 bits per heavy atom. The maximum absolute atomic E-state index is 11.8. The lowest BCUT2D eigenvalue weighted by atomic mass is 10.2. The standard InChI is InChI=1S/C14H19N3O3/c1-9(13(19)17-14(20)16-11-5-6-11)15-12-4-2-3-10(7-12)8-18/h2-4,7,9,11,15,18H,5-6,8H2,1H3,(H2,16,17,19,20). The molecule has 1 fully saturated rings. The zero-order valence-electron chi connectivity index (χ0n) is 11.3. The summed E-state index contributed by atoms with van der Waals surface area (Å²) >= 11 is 0. The van der Waals surface area contributed by atoms with Crippen molar-refractivity contribution in [3.05, 3.63) is 29.8 Å². The van der Waals surface area contributed by atoms with Crippen LogP contribution < -0.4 is 16.0 Å². The van der Waals surface area contributed by atoms with Gasteiger partial charge in [0.1, 0.15) is 6.04 Å². The number of anilines is 1. The van der Waals surface area contributed by atoms with E-state index in [0.29, 0.717) is 0 Å². The largest absolute Gasteiger partial charge is 0.392 e. The second-order valence-corrected chi connectivity index (χ2v) is 4.96. The second kappa shape index (κ2) is 6.38. The third-order valence-corrected chi connectivity index (χ3v) is 3.04. The fraction of sp³-hybridized carbons (Fsp3) is 0.429. The molecule has 108 valence electrons. The summed E-state index contributed by atoms with van der Waals surface area (Å²) in [5, 5.41) is 17.0. The van der Waals surface area contributed by atoms with Gasteiger partial charge in [0.25, 0.3) is 0 Å². The highest BCUT2D eigenvalue weighted by Crippen LogP contribution is 2.18. The Bertz CT molecular complexity index is 500. The van der Waals surface area contributed by atoms with E-state index >= 15 is 0 Å². The average molecular weight is 277 g/mol. The lowest BCUT2D eigenvalue weighted by Crippen LogP contribution is -2.46. The second-order valence-electron chi connectivity index (χ2n) is 4.96. The highest BCUT2D eigenvalue weighted by atomic mass is 16.3. The molecule has 0 heterocycles. The molecule has 0 aliphatic heterocycles. The summed E-state index contributed by atoms with van der Waals surface area (Å²) in [6.45, 7) is 1.62. The first-order valence-corrected chi connectivity index (χ1v) is 6.66. The summed E-state index contributed by atoms with van der Waals surface area (Å²) in [4.78, 5) is 23.3. The average Bonchev–Trinajstić information content (AvgIpc) is 3.22. The maximum atomic E-state index is 11.8. The number of carbonyl (C=O) groups is 2. The molecule has 1 aromatic carbocycles. The molecule has 1 aliphatic rings. The molecule has 1 unspecified atom stereocenters. The van der Waals surface area contributed by atoms with Gasteiger partial charge < -0.3 is 15.7 Å². The SMILES string of the molecule is CC(Nc1cccc(CO)c1)C(=O)NC(=O)NC1CC1. The van der Waals surface area contributed by atoms with Crippen molar-refractivity contribution in [1.29, 1.82) is 0 Å². The predicted molar refractivity (Wildman–Crippen MR) is 75.1 cm³/mol. The molecular weight excluding hydrogens is 258 g/mol. The van der Waals surface area contributed by atoms with Gasteiger partial charge in [0.05, 0.1) is 6.61 Å². The van der Waals surface area contributed by atoms with E-state index in [1.807, 2.05) is 0 Å². The number of hydrogen-bond donors (Lipinski definition) is 4. The molecule has 20 heavy (non-hydrogen) atoms. The first-order valence-electron chi connectivity index (χ1n) is 6.66. The van der Waals surface area contributed by atoms with E-state index in [0.717, 1.165) is 24.1 Å². The Hall–Kier alpha value is -2.08. The highest BCUT2D eigenvalue weighted by Gasteiger charge is 2.24. The van der Waals surface area contributed by atoms with Crippen LogP contribution in [0.4, 0.5) is 10.5 Å². The number of hydrogen-bond acceptors (Lipinski definition) is 4. The van der Waals surface area contributed by atoms with E-state index in [1.54, 1.807) is 31.2 Å². The molecule has 1 atom stereocenters. The highest BCUT2D eigenvalue weighted by molar-refractivity contribution is 5.98. The van der Waals surface area contributed by atoms with Crippen molar-refractivity contribution in [2.24, 2.45) is 0 Å². The van der Waals surface area contributed by atoms with Crippen LogP contribution >= 0.6 is 0 Å². The van der Waals surface area contributed by atoms with Gasteiger partial charge in [-0.2, -0.15) is 0 Å². The molecule has 0 aromatic heterocycles. The van der Waals surface area contributed by atoms with E-state index in [4.69, 9.17) is 5.11 Å². The van der Waals surface area contributed by atoms with Gasteiger partial charge in [0.15, 0.2) is 0 Å². The number of nitrogens with one attached hydrogen (secondary N) is 3. The Labute approximate surface area is 117 Å². The van der Waals surface area contributed by atoms with Gasteiger partial charge in [0, 0.05) is 11.7 Å². The number of imide groups is 1. The van der Waals surface area contributed by atoms with Crippen molar-refractivity contribution in [3.8, 4) is 0 Å². The number of amides is 3. The summed E-state index contributed by atoms with van der Waals surface area (Å²) in [5.74, 6) is -0.391. The molecule has 3 amide bonds. The summed E-state index contributed by atoms with van der Waals surface area (Å²) in [7, 11) is 0. The zero-order chi connectivity index (χ0) is 14.5. The number of carbonyl (C=O) groups excluding carboxylic acids is 2.